The number of nitrogens with one attached hydrogen (secondary N) is 2. The highest BCUT2D eigenvalue weighted by Crippen LogP contribution is 2.23. The van der Waals surface area contributed by atoms with Crippen LogP contribution in [0.15, 0.2) is 54.9 Å². The number of carbonyl (C=O) groups excluding carboxylic acids is 2. The number of anilines is 1. The van der Waals surface area contributed by atoms with Crippen LogP contribution in [0.5, 0.6) is 5.75 Å². The lowest BCUT2D eigenvalue weighted by Gasteiger charge is -2.16. The summed E-state index contributed by atoms with van der Waals surface area (Å²) in [5.74, 6) is 0.281. The van der Waals surface area contributed by atoms with Crippen LogP contribution in [0.4, 0.5) is 5.69 Å². The van der Waals surface area contributed by atoms with Gasteiger partial charge in [0.2, 0.25) is 11.8 Å². The van der Waals surface area contributed by atoms with Gasteiger partial charge >= 0.3 is 0 Å². The molecule has 1 aromatic heterocycles. The van der Waals surface area contributed by atoms with Crippen LogP contribution in [0.1, 0.15) is 12.0 Å². The summed E-state index contributed by atoms with van der Waals surface area (Å²) >= 11 is 0. The molecule has 8 nitrogen and oxygen atoms in total. The monoisotopic (exact) mass is 391 g/mol. The summed E-state index contributed by atoms with van der Waals surface area (Å²) in [6.45, 7) is 0.957. The number of phenols is 1. The number of benzene rings is 2. The van der Waals surface area contributed by atoms with E-state index in [2.05, 4.69) is 20.5 Å². The summed E-state index contributed by atoms with van der Waals surface area (Å²) in [5, 5.41) is 18.9. The Morgan fingerprint density at radius 3 is 2.83 bits per heavy atom. The quantitative estimate of drug-likeness (QED) is 0.597. The van der Waals surface area contributed by atoms with Crippen molar-refractivity contribution in [1.82, 2.24) is 20.1 Å². The van der Waals surface area contributed by atoms with Crippen molar-refractivity contribution < 1.29 is 14.7 Å². The fourth-order valence-corrected chi connectivity index (χ4v) is 3.42. The molecule has 1 fully saturated rings. The van der Waals surface area contributed by atoms with Gasteiger partial charge < -0.3 is 15.3 Å². The van der Waals surface area contributed by atoms with Crippen LogP contribution in [0, 0.1) is 5.92 Å². The molecule has 0 spiro atoms. The number of aromatic amines is 1. The summed E-state index contributed by atoms with van der Waals surface area (Å²) in [6, 6.07) is 14.3. The number of amides is 2. The van der Waals surface area contributed by atoms with Gasteiger partial charge in [-0.2, -0.15) is 5.10 Å². The highest BCUT2D eigenvalue weighted by atomic mass is 16.3. The van der Waals surface area contributed by atoms with E-state index in [4.69, 9.17) is 0 Å². The Kier molecular flexibility index (Phi) is 5.24. The Morgan fingerprint density at radius 2 is 2.07 bits per heavy atom. The van der Waals surface area contributed by atoms with E-state index in [9.17, 15) is 14.7 Å². The molecule has 148 valence electrons. The largest absolute Gasteiger partial charge is 0.508 e. The second-order valence-electron chi connectivity index (χ2n) is 7.06. The number of nitrogens with zero attached hydrogens (tertiary/aromatic N) is 3. The lowest BCUT2D eigenvalue weighted by atomic mass is 10.1. The molecule has 2 heterocycles. The minimum Gasteiger partial charge on any atom is -0.508 e. The number of rotatable bonds is 6. The van der Waals surface area contributed by atoms with Gasteiger partial charge in [0.15, 0.2) is 5.82 Å². The Bertz CT molecular complexity index is 1000. The normalized spacial score (nSPS) is 16.2. The lowest BCUT2D eigenvalue weighted by molar-refractivity contribution is -0.128. The molecule has 0 radical (unpaired) electrons. The third-order valence-corrected chi connectivity index (χ3v) is 5.01. The van der Waals surface area contributed by atoms with Crippen molar-refractivity contribution in [1.29, 1.82) is 0 Å². The lowest BCUT2D eigenvalue weighted by Crippen LogP contribution is -2.30. The molecule has 1 aliphatic rings. The minimum atomic E-state index is -0.378. The fourth-order valence-electron chi connectivity index (χ4n) is 3.42. The van der Waals surface area contributed by atoms with E-state index in [0.717, 1.165) is 11.1 Å². The average molecular weight is 391 g/mol. The van der Waals surface area contributed by atoms with Crippen molar-refractivity contribution in [3.05, 3.63) is 60.4 Å². The van der Waals surface area contributed by atoms with Gasteiger partial charge in [-0.1, -0.05) is 24.3 Å². The van der Waals surface area contributed by atoms with Crippen LogP contribution in [0.25, 0.3) is 11.4 Å². The van der Waals surface area contributed by atoms with E-state index < -0.39 is 0 Å². The molecular weight excluding hydrogens is 370 g/mol. The van der Waals surface area contributed by atoms with Gasteiger partial charge in [-0.05, 0) is 36.2 Å². The van der Waals surface area contributed by atoms with Crippen LogP contribution >= 0.6 is 0 Å². The summed E-state index contributed by atoms with van der Waals surface area (Å²) in [7, 11) is 0. The average Bonchev–Trinajstić information content (AvgIpc) is 3.38. The second-order valence-corrected chi connectivity index (χ2v) is 7.06. The number of aromatic hydroxyl groups is 1. The number of H-pyrrole nitrogens is 1. The third kappa shape index (κ3) is 4.43. The van der Waals surface area contributed by atoms with Crippen LogP contribution in [-0.4, -0.2) is 50.1 Å². The molecule has 1 saturated heterocycles. The molecule has 3 N–H and O–H groups in total. The van der Waals surface area contributed by atoms with Crippen molar-refractivity contribution in [2.75, 3.05) is 18.4 Å². The van der Waals surface area contributed by atoms with E-state index in [1.54, 1.807) is 23.1 Å². The van der Waals surface area contributed by atoms with Gasteiger partial charge in [-0.3, -0.25) is 14.7 Å². The van der Waals surface area contributed by atoms with E-state index in [-0.39, 0.29) is 29.9 Å². The standard InChI is InChI=1S/C21H21N5O3/c27-18-6-4-14(5-7-18)8-9-26-12-16(11-19(26)28)21(29)24-17-3-1-2-15(10-17)20-22-13-23-25-20/h1-7,10,13,16,27H,8-9,11-12H2,(H,24,29)(H,22,23,25)/t16-/m0/s1. The summed E-state index contributed by atoms with van der Waals surface area (Å²) in [5.41, 5.74) is 2.50. The van der Waals surface area contributed by atoms with Gasteiger partial charge in [0.1, 0.15) is 12.1 Å². The van der Waals surface area contributed by atoms with Crippen molar-refractivity contribution >= 4 is 17.5 Å². The second kappa shape index (κ2) is 8.14. The molecule has 4 rings (SSSR count). The van der Waals surface area contributed by atoms with Crippen LogP contribution in [-0.2, 0) is 16.0 Å². The summed E-state index contributed by atoms with van der Waals surface area (Å²) in [6.07, 6.45) is 2.32. The third-order valence-electron chi connectivity index (χ3n) is 5.01. The first-order chi connectivity index (χ1) is 14.1. The molecule has 2 aromatic carbocycles. The summed E-state index contributed by atoms with van der Waals surface area (Å²) < 4.78 is 0. The topological polar surface area (TPSA) is 111 Å². The maximum atomic E-state index is 12.7. The Labute approximate surface area is 167 Å². The number of aromatic nitrogens is 3. The van der Waals surface area contributed by atoms with E-state index >= 15 is 0 Å². The molecule has 1 atom stereocenters. The van der Waals surface area contributed by atoms with Crippen LogP contribution in [0.2, 0.25) is 0 Å². The maximum absolute atomic E-state index is 12.7. The van der Waals surface area contributed by atoms with Crippen LogP contribution < -0.4 is 5.32 Å². The van der Waals surface area contributed by atoms with E-state index in [1.165, 1.54) is 6.33 Å². The molecule has 0 aliphatic carbocycles. The fraction of sp³-hybridized carbons (Fsp3) is 0.238. The van der Waals surface area contributed by atoms with Gasteiger partial charge in [0, 0.05) is 30.8 Å². The number of hydrogen-bond acceptors (Lipinski definition) is 5. The molecule has 29 heavy (non-hydrogen) atoms. The number of phenolic OH excluding ortho intramolecular Hbond substituents is 1. The van der Waals surface area contributed by atoms with Crippen molar-refractivity contribution in [2.24, 2.45) is 5.92 Å². The molecule has 0 bridgehead atoms. The molecule has 0 saturated carbocycles. The number of carbonyl (C=O) groups is 2. The molecule has 0 unspecified atom stereocenters. The van der Waals surface area contributed by atoms with Gasteiger partial charge in [0.05, 0.1) is 5.92 Å². The summed E-state index contributed by atoms with van der Waals surface area (Å²) in [4.78, 5) is 30.8. The van der Waals surface area contributed by atoms with E-state index in [0.29, 0.717) is 31.0 Å². The van der Waals surface area contributed by atoms with Crippen molar-refractivity contribution in [2.45, 2.75) is 12.8 Å². The Morgan fingerprint density at radius 1 is 1.24 bits per heavy atom. The molecular formula is C21H21N5O3. The number of likely N-dealkylation sites (tertiary alicyclic amines) is 1. The highest BCUT2D eigenvalue weighted by molar-refractivity contribution is 5.97. The van der Waals surface area contributed by atoms with E-state index in [1.807, 2.05) is 30.3 Å². The SMILES string of the molecule is O=C(Nc1cccc(-c2ncn[nH]2)c1)[C@H]1CC(=O)N(CCc2ccc(O)cc2)C1. The first kappa shape index (κ1) is 18.7. The zero-order valence-electron chi connectivity index (χ0n) is 15.7. The molecule has 1 aliphatic heterocycles. The smallest absolute Gasteiger partial charge is 0.229 e. The molecule has 2 amide bonds. The van der Waals surface area contributed by atoms with Gasteiger partial charge in [-0.25, -0.2) is 4.98 Å². The Balaban J connectivity index is 1.34. The predicted octanol–water partition coefficient (Wildman–Crippen LogP) is 2.21. The molecule has 3 aromatic rings. The molecule has 8 heteroatoms. The number of hydrogen-bond donors (Lipinski definition) is 3. The minimum absolute atomic E-state index is 0.0145. The van der Waals surface area contributed by atoms with Crippen LogP contribution in [0.3, 0.4) is 0 Å². The van der Waals surface area contributed by atoms with Gasteiger partial charge in [-0.15, -0.1) is 0 Å². The zero-order chi connectivity index (χ0) is 20.2. The highest BCUT2D eigenvalue weighted by Gasteiger charge is 2.34. The van der Waals surface area contributed by atoms with Gasteiger partial charge in [0.25, 0.3) is 0 Å². The zero-order valence-corrected chi connectivity index (χ0v) is 15.7. The Hall–Kier alpha value is -3.68. The first-order valence-corrected chi connectivity index (χ1v) is 9.41. The first-order valence-electron chi connectivity index (χ1n) is 9.41. The maximum Gasteiger partial charge on any atom is 0.229 e. The van der Waals surface area contributed by atoms with Crippen molar-refractivity contribution in [3.8, 4) is 17.1 Å². The predicted molar refractivity (Wildman–Crippen MR) is 107 cm³/mol. The van der Waals surface area contributed by atoms with Crippen molar-refractivity contribution in [3.63, 3.8) is 0 Å².